The summed E-state index contributed by atoms with van der Waals surface area (Å²) in [6, 6.07) is -0.312. The number of carbonyl (C=O) groups is 7. The molecule has 0 aromatic rings. The molecule has 7 rings (SSSR count). The molecule has 0 bridgehead atoms. The molecule has 18 atom stereocenters. The molecule has 64 heavy (non-hydrogen) atoms. The maximum absolute atomic E-state index is 14.1. The molecule has 7 aliphatic rings. The van der Waals surface area contributed by atoms with Gasteiger partial charge in [-0.3, -0.25) is 33.6 Å². The van der Waals surface area contributed by atoms with Crippen molar-refractivity contribution in [3.63, 3.8) is 0 Å². The number of amides is 2. The Balaban J connectivity index is 1.08. The molecule has 358 valence electrons. The van der Waals surface area contributed by atoms with Gasteiger partial charge in [0.1, 0.15) is 25.4 Å². The minimum Gasteiger partial charge on any atom is -0.463 e. The summed E-state index contributed by atoms with van der Waals surface area (Å²) >= 11 is 0. The Morgan fingerprint density at radius 3 is 1.94 bits per heavy atom. The number of fused-ring (bicyclic) bond motifs is 7. The summed E-state index contributed by atoms with van der Waals surface area (Å²) < 4.78 is 47.8. The van der Waals surface area contributed by atoms with Gasteiger partial charge in [-0.05, 0) is 91.8 Å². The van der Waals surface area contributed by atoms with Crippen LogP contribution < -0.4 is 5.32 Å². The van der Waals surface area contributed by atoms with Crippen LogP contribution in [-0.2, 0) is 71.5 Å². The van der Waals surface area contributed by atoms with Crippen LogP contribution >= 0.6 is 0 Å². The summed E-state index contributed by atoms with van der Waals surface area (Å²) in [6.07, 6.45) is 0.448. The van der Waals surface area contributed by atoms with E-state index in [4.69, 9.17) is 37.9 Å². The van der Waals surface area contributed by atoms with Crippen molar-refractivity contribution in [3.8, 4) is 0 Å². The van der Waals surface area contributed by atoms with Gasteiger partial charge in [-0.2, -0.15) is 0 Å². The van der Waals surface area contributed by atoms with E-state index >= 15 is 0 Å². The van der Waals surface area contributed by atoms with Crippen LogP contribution in [0, 0.1) is 52.3 Å². The van der Waals surface area contributed by atoms with Crippen molar-refractivity contribution in [2.45, 2.75) is 182 Å². The van der Waals surface area contributed by atoms with Gasteiger partial charge in [-0.15, -0.1) is 0 Å². The van der Waals surface area contributed by atoms with Gasteiger partial charge >= 0.3 is 29.8 Å². The zero-order valence-electron chi connectivity index (χ0n) is 39.2. The van der Waals surface area contributed by atoms with E-state index in [0.717, 1.165) is 84.1 Å². The first-order valence-electron chi connectivity index (χ1n) is 23.4. The minimum atomic E-state index is -1.55. The van der Waals surface area contributed by atoms with E-state index in [2.05, 4.69) is 33.0 Å². The molecule has 17 nitrogen and oxygen atoms in total. The molecule has 7 fully saturated rings. The van der Waals surface area contributed by atoms with Crippen molar-refractivity contribution < 1.29 is 71.5 Å². The second kappa shape index (κ2) is 18.5. The van der Waals surface area contributed by atoms with Gasteiger partial charge in [-0.1, -0.05) is 27.7 Å². The molecule has 2 amide bonds. The van der Waals surface area contributed by atoms with Gasteiger partial charge in [0.25, 0.3) is 0 Å². The van der Waals surface area contributed by atoms with Crippen molar-refractivity contribution in [1.29, 1.82) is 0 Å². The molecular formula is C47H70N2O15. The van der Waals surface area contributed by atoms with Gasteiger partial charge in [0.2, 0.25) is 11.8 Å². The third-order valence-corrected chi connectivity index (χ3v) is 16.6. The van der Waals surface area contributed by atoms with Crippen LogP contribution in [0.1, 0.15) is 127 Å². The Morgan fingerprint density at radius 2 is 1.33 bits per heavy atom. The molecule has 3 heterocycles. The molecule has 3 aliphatic heterocycles. The van der Waals surface area contributed by atoms with Gasteiger partial charge in [-0.25, -0.2) is 0 Å². The fourth-order valence-corrected chi connectivity index (χ4v) is 14.0. The van der Waals surface area contributed by atoms with E-state index in [0.29, 0.717) is 42.4 Å². The molecule has 0 aromatic carbocycles. The molecule has 4 aliphatic carbocycles. The number of rotatable bonds is 10. The molecule has 0 unspecified atom stereocenters. The Bertz CT molecular complexity index is 1830. The third-order valence-electron chi connectivity index (χ3n) is 16.6. The summed E-state index contributed by atoms with van der Waals surface area (Å²) in [5, 5.41) is 3.14. The Hall–Kier alpha value is -3.83. The van der Waals surface area contributed by atoms with Crippen molar-refractivity contribution in [3.05, 3.63) is 0 Å². The van der Waals surface area contributed by atoms with Gasteiger partial charge in [0, 0.05) is 65.8 Å². The largest absolute Gasteiger partial charge is 0.463 e. The zero-order valence-corrected chi connectivity index (χ0v) is 39.2. The molecule has 1 spiro atoms. The summed E-state index contributed by atoms with van der Waals surface area (Å²) in [5.74, 6) is -2.75. The number of nitrogens with zero attached hydrogens (tertiary/aromatic N) is 1. The Kier molecular flexibility index (Phi) is 13.9. The topological polar surface area (TPSA) is 209 Å². The van der Waals surface area contributed by atoms with Crippen LogP contribution in [0.4, 0.5) is 0 Å². The number of esters is 5. The smallest absolute Gasteiger partial charge is 0.303 e. The van der Waals surface area contributed by atoms with E-state index in [1.165, 1.54) is 13.8 Å². The summed E-state index contributed by atoms with van der Waals surface area (Å²) in [6.45, 7) is 16.3. The fourth-order valence-electron chi connectivity index (χ4n) is 14.0. The molecule has 0 radical (unpaired) electrons. The summed E-state index contributed by atoms with van der Waals surface area (Å²) in [7, 11) is 0. The van der Waals surface area contributed by atoms with Crippen molar-refractivity contribution in [2.24, 2.45) is 52.3 Å². The molecular weight excluding hydrogens is 833 g/mol. The third kappa shape index (κ3) is 9.15. The number of carbonyl (C=O) groups excluding carboxylic acids is 7. The van der Waals surface area contributed by atoms with E-state index in [-0.39, 0.29) is 46.9 Å². The second-order valence-corrected chi connectivity index (χ2v) is 20.7. The lowest BCUT2D eigenvalue weighted by atomic mass is 9.43. The highest BCUT2D eigenvalue weighted by Crippen LogP contribution is 2.71. The van der Waals surface area contributed by atoms with Crippen LogP contribution in [-0.4, -0.2) is 121 Å². The van der Waals surface area contributed by atoms with Gasteiger partial charge in [0.05, 0.1) is 12.7 Å². The van der Waals surface area contributed by atoms with E-state index in [9.17, 15) is 33.6 Å². The highest BCUT2D eigenvalue weighted by Gasteiger charge is 2.70. The van der Waals surface area contributed by atoms with Crippen molar-refractivity contribution in [2.75, 3.05) is 19.8 Å². The highest BCUT2D eigenvalue weighted by molar-refractivity contribution is 5.84. The first-order chi connectivity index (χ1) is 30.1. The molecule has 17 heteroatoms. The Labute approximate surface area is 376 Å². The SMILES string of the molecule is CC(=O)OC[C@H]1O[C@@H](N(CC(=O)N[C@@H]2CC[C@@]3(C)[C@H](C2)[C@H](OC(C)=O)C[C@@H]2[C@@H]3CC[C@]3(C)[C@@H]4[C@H](C[C@@H]23)O[C@]2(CC[C@@H](C)CO2)[C@H]4C)C(C)=O)[C@H](OC(C)=O)[C@@H](OC(C)=O)[C@@H]1OC(C)=O. The number of hydrogen-bond donors (Lipinski definition) is 1. The van der Waals surface area contributed by atoms with Crippen molar-refractivity contribution in [1.82, 2.24) is 10.2 Å². The first-order valence-corrected chi connectivity index (χ1v) is 23.4. The lowest BCUT2D eigenvalue weighted by Crippen LogP contribution is -2.67. The Morgan fingerprint density at radius 1 is 0.688 bits per heavy atom. The minimum absolute atomic E-state index is 0.0262. The molecule has 3 saturated heterocycles. The maximum atomic E-state index is 14.1. The first kappa shape index (κ1) is 48.1. The average molecular weight is 903 g/mol. The fraction of sp³-hybridized carbons (Fsp3) is 0.851. The van der Waals surface area contributed by atoms with E-state index in [1.807, 2.05) is 0 Å². The molecule has 4 saturated carbocycles. The van der Waals surface area contributed by atoms with Crippen LogP contribution in [0.5, 0.6) is 0 Å². The van der Waals surface area contributed by atoms with Crippen LogP contribution in [0.15, 0.2) is 0 Å². The number of nitrogens with one attached hydrogen (secondary N) is 1. The van der Waals surface area contributed by atoms with Crippen molar-refractivity contribution >= 4 is 41.7 Å². The van der Waals surface area contributed by atoms with Gasteiger partial charge in [0.15, 0.2) is 30.3 Å². The average Bonchev–Trinajstić information content (AvgIpc) is 3.64. The number of hydrogen-bond acceptors (Lipinski definition) is 15. The number of ether oxygens (including phenoxy) is 8. The van der Waals surface area contributed by atoms with E-state index in [1.54, 1.807) is 0 Å². The molecule has 1 N–H and O–H groups in total. The summed E-state index contributed by atoms with van der Waals surface area (Å²) in [5.41, 5.74) is -0.0746. The maximum Gasteiger partial charge on any atom is 0.303 e. The zero-order chi connectivity index (χ0) is 46.6. The summed E-state index contributed by atoms with van der Waals surface area (Å²) in [4.78, 5) is 90.4. The predicted octanol–water partition coefficient (Wildman–Crippen LogP) is 4.39. The second-order valence-electron chi connectivity index (χ2n) is 20.7. The normalized spacial score (nSPS) is 43.2. The highest BCUT2D eigenvalue weighted by atomic mass is 16.7. The standard InChI is InChI=1S/C47H70N2O15/c1-23-11-16-47(58-21-23)24(2)40-37(64-47)19-34-32-18-36(59-27(5)52)35-17-31(12-14-45(35,9)33(32)13-15-46(34,40)10)48-39(56)20-49(25(3)50)44-43(62-30(8)55)42(61-29(7)54)41(60-28(6)53)38(63-44)22-57-26(4)51/h23-24,31-38,40-44H,11-22H2,1-10H3,(H,48,56)/t23-,24+,31-,32-,33+,34+,35-,36-,37+,38-,40+,41-,42+,43-,44-,45-,46+,47-/m1/s1. The van der Waals surface area contributed by atoms with Crippen LogP contribution in [0.3, 0.4) is 0 Å². The van der Waals surface area contributed by atoms with Crippen LogP contribution in [0.2, 0.25) is 0 Å². The van der Waals surface area contributed by atoms with Gasteiger partial charge < -0.3 is 48.1 Å². The quantitative estimate of drug-likeness (QED) is 0.238. The lowest BCUT2D eigenvalue weighted by molar-refractivity contribution is -0.275. The lowest BCUT2D eigenvalue weighted by Gasteiger charge is -2.63. The monoisotopic (exact) mass is 902 g/mol. The molecule has 0 aromatic heterocycles. The predicted molar refractivity (Wildman–Crippen MR) is 224 cm³/mol. The van der Waals surface area contributed by atoms with Crippen LogP contribution in [0.25, 0.3) is 0 Å². The van der Waals surface area contributed by atoms with E-state index < -0.39 is 85.3 Å².